The second-order valence-electron chi connectivity index (χ2n) is 7.71. The van der Waals surface area contributed by atoms with E-state index in [1.54, 1.807) is 0 Å². The molecule has 2 fully saturated rings. The SMILES string of the molecule is CC(C)C(=O)N1CCCC(c2nc(CCOCC3CCOCC3)no2)C1. The number of amides is 1. The lowest BCUT2D eigenvalue weighted by Gasteiger charge is -2.32. The van der Waals surface area contributed by atoms with Crippen molar-refractivity contribution in [1.29, 1.82) is 0 Å². The maximum atomic E-state index is 12.2. The zero-order chi connectivity index (χ0) is 18.4. The van der Waals surface area contributed by atoms with Crippen LogP contribution < -0.4 is 0 Å². The van der Waals surface area contributed by atoms with Gasteiger partial charge in [0, 0.05) is 45.2 Å². The van der Waals surface area contributed by atoms with Crippen LogP contribution >= 0.6 is 0 Å². The number of rotatable bonds is 7. The summed E-state index contributed by atoms with van der Waals surface area (Å²) in [6.07, 6.45) is 4.80. The van der Waals surface area contributed by atoms with Crippen LogP contribution in [0.25, 0.3) is 0 Å². The second kappa shape index (κ2) is 9.46. The molecule has 1 amide bonds. The quantitative estimate of drug-likeness (QED) is 0.691. The van der Waals surface area contributed by atoms with Crippen LogP contribution in [0, 0.1) is 11.8 Å². The van der Waals surface area contributed by atoms with Gasteiger partial charge >= 0.3 is 0 Å². The third kappa shape index (κ3) is 5.27. The molecular formula is C19H31N3O4. The number of piperidine rings is 1. The van der Waals surface area contributed by atoms with Crippen LogP contribution in [0.2, 0.25) is 0 Å². The Hall–Kier alpha value is -1.47. The van der Waals surface area contributed by atoms with Gasteiger partial charge in [0.25, 0.3) is 0 Å². The van der Waals surface area contributed by atoms with E-state index >= 15 is 0 Å². The fraction of sp³-hybridized carbons (Fsp3) is 0.842. The largest absolute Gasteiger partial charge is 0.381 e. The van der Waals surface area contributed by atoms with Gasteiger partial charge in [-0.25, -0.2) is 0 Å². The smallest absolute Gasteiger partial charge is 0.231 e. The van der Waals surface area contributed by atoms with E-state index in [4.69, 9.17) is 14.0 Å². The molecule has 0 aliphatic carbocycles. The van der Waals surface area contributed by atoms with Crippen molar-refractivity contribution in [3.63, 3.8) is 0 Å². The van der Waals surface area contributed by atoms with Crippen molar-refractivity contribution in [1.82, 2.24) is 15.0 Å². The molecule has 146 valence electrons. The van der Waals surface area contributed by atoms with Crippen molar-refractivity contribution >= 4 is 5.91 Å². The van der Waals surface area contributed by atoms with E-state index in [0.29, 0.717) is 37.2 Å². The average Bonchev–Trinajstić information content (AvgIpc) is 3.14. The lowest BCUT2D eigenvalue weighted by molar-refractivity contribution is -0.135. The first-order chi connectivity index (χ1) is 12.6. The maximum Gasteiger partial charge on any atom is 0.231 e. The van der Waals surface area contributed by atoms with Gasteiger partial charge in [0.2, 0.25) is 11.8 Å². The molecule has 0 bridgehead atoms. The van der Waals surface area contributed by atoms with Gasteiger partial charge in [-0.1, -0.05) is 19.0 Å². The summed E-state index contributed by atoms with van der Waals surface area (Å²) in [5, 5.41) is 4.09. The Labute approximate surface area is 155 Å². The van der Waals surface area contributed by atoms with Gasteiger partial charge in [-0.2, -0.15) is 4.98 Å². The van der Waals surface area contributed by atoms with Crippen LogP contribution in [-0.2, 0) is 20.7 Å². The van der Waals surface area contributed by atoms with Crippen LogP contribution in [0.4, 0.5) is 0 Å². The van der Waals surface area contributed by atoms with E-state index in [1.807, 2.05) is 18.7 Å². The lowest BCUT2D eigenvalue weighted by atomic mass is 9.97. The molecule has 7 nitrogen and oxygen atoms in total. The van der Waals surface area contributed by atoms with E-state index < -0.39 is 0 Å². The Morgan fingerprint density at radius 1 is 1.31 bits per heavy atom. The Balaban J connectivity index is 1.42. The first-order valence-electron chi connectivity index (χ1n) is 9.90. The highest BCUT2D eigenvalue weighted by Crippen LogP contribution is 2.26. The van der Waals surface area contributed by atoms with Crippen molar-refractivity contribution in [3.8, 4) is 0 Å². The van der Waals surface area contributed by atoms with E-state index in [-0.39, 0.29) is 17.7 Å². The third-order valence-corrected chi connectivity index (χ3v) is 5.22. The maximum absolute atomic E-state index is 12.2. The summed E-state index contributed by atoms with van der Waals surface area (Å²) >= 11 is 0. The summed E-state index contributed by atoms with van der Waals surface area (Å²) in [5.74, 6) is 2.34. The number of carbonyl (C=O) groups excluding carboxylic acids is 1. The number of hydrogen-bond acceptors (Lipinski definition) is 6. The molecule has 1 aromatic heterocycles. The Bertz CT molecular complexity index is 569. The number of ether oxygens (including phenoxy) is 2. The molecule has 2 aliphatic heterocycles. The van der Waals surface area contributed by atoms with Gasteiger partial charge in [-0.15, -0.1) is 0 Å². The molecule has 1 atom stereocenters. The van der Waals surface area contributed by atoms with Gasteiger partial charge in [0.05, 0.1) is 12.5 Å². The summed E-state index contributed by atoms with van der Waals surface area (Å²) in [7, 11) is 0. The molecule has 1 unspecified atom stereocenters. The van der Waals surface area contributed by atoms with Crippen LogP contribution in [-0.4, -0.2) is 60.5 Å². The number of aromatic nitrogens is 2. The molecule has 3 heterocycles. The van der Waals surface area contributed by atoms with Crippen molar-refractivity contribution < 1.29 is 18.8 Å². The standard InChI is InChI=1S/C19H31N3O4/c1-14(2)19(23)22-8-3-4-16(12-22)18-20-17(21-26-18)7-11-25-13-15-5-9-24-10-6-15/h14-16H,3-13H2,1-2H3. The molecule has 0 radical (unpaired) electrons. The Morgan fingerprint density at radius 2 is 2.12 bits per heavy atom. The average molecular weight is 365 g/mol. The molecular weight excluding hydrogens is 334 g/mol. The lowest BCUT2D eigenvalue weighted by Crippen LogP contribution is -2.41. The van der Waals surface area contributed by atoms with E-state index in [0.717, 1.165) is 52.0 Å². The first kappa shape index (κ1) is 19.3. The van der Waals surface area contributed by atoms with Crippen LogP contribution in [0.5, 0.6) is 0 Å². The van der Waals surface area contributed by atoms with Crippen LogP contribution in [0.15, 0.2) is 4.52 Å². The minimum Gasteiger partial charge on any atom is -0.381 e. The van der Waals surface area contributed by atoms with Crippen LogP contribution in [0.1, 0.15) is 57.2 Å². The Morgan fingerprint density at radius 3 is 2.88 bits per heavy atom. The van der Waals surface area contributed by atoms with Gasteiger partial charge in [0.15, 0.2) is 5.82 Å². The van der Waals surface area contributed by atoms with E-state index in [1.165, 1.54) is 0 Å². The molecule has 26 heavy (non-hydrogen) atoms. The van der Waals surface area contributed by atoms with Crippen molar-refractivity contribution in [2.45, 2.75) is 51.9 Å². The van der Waals surface area contributed by atoms with Gasteiger partial charge in [-0.05, 0) is 31.6 Å². The predicted octanol–water partition coefficient (Wildman–Crippen LogP) is 2.42. The van der Waals surface area contributed by atoms with Gasteiger partial charge in [-0.3, -0.25) is 4.79 Å². The van der Waals surface area contributed by atoms with E-state index in [9.17, 15) is 4.79 Å². The summed E-state index contributed by atoms with van der Waals surface area (Å²) < 4.78 is 16.6. The number of nitrogens with zero attached hydrogens (tertiary/aromatic N) is 3. The highest BCUT2D eigenvalue weighted by Gasteiger charge is 2.29. The molecule has 0 N–H and O–H groups in total. The summed E-state index contributed by atoms with van der Waals surface area (Å²) in [6, 6.07) is 0. The second-order valence-corrected chi connectivity index (χ2v) is 7.71. The predicted molar refractivity (Wildman–Crippen MR) is 95.8 cm³/mol. The summed E-state index contributed by atoms with van der Waals surface area (Å²) in [6.45, 7) is 8.48. The highest BCUT2D eigenvalue weighted by atomic mass is 16.5. The zero-order valence-electron chi connectivity index (χ0n) is 16.0. The van der Waals surface area contributed by atoms with E-state index in [2.05, 4.69) is 10.1 Å². The minimum absolute atomic E-state index is 0.0277. The fourth-order valence-corrected chi connectivity index (χ4v) is 3.61. The van der Waals surface area contributed by atoms with Crippen molar-refractivity contribution in [3.05, 3.63) is 11.7 Å². The monoisotopic (exact) mass is 365 g/mol. The molecule has 0 saturated carbocycles. The molecule has 3 rings (SSSR count). The molecule has 1 aromatic rings. The fourth-order valence-electron chi connectivity index (χ4n) is 3.61. The minimum atomic E-state index is 0.0277. The van der Waals surface area contributed by atoms with Crippen molar-refractivity contribution in [2.24, 2.45) is 11.8 Å². The number of likely N-dealkylation sites (tertiary alicyclic amines) is 1. The normalized spacial score (nSPS) is 22.1. The van der Waals surface area contributed by atoms with Gasteiger partial charge < -0.3 is 18.9 Å². The third-order valence-electron chi connectivity index (χ3n) is 5.22. The number of carbonyl (C=O) groups is 1. The molecule has 7 heteroatoms. The molecule has 2 saturated heterocycles. The number of hydrogen-bond donors (Lipinski definition) is 0. The van der Waals surface area contributed by atoms with Crippen molar-refractivity contribution in [2.75, 3.05) is 39.5 Å². The molecule has 2 aliphatic rings. The first-order valence-corrected chi connectivity index (χ1v) is 9.90. The summed E-state index contributed by atoms with van der Waals surface area (Å²) in [4.78, 5) is 18.7. The Kier molecular flexibility index (Phi) is 7.02. The summed E-state index contributed by atoms with van der Waals surface area (Å²) in [5.41, 5.74) is 0. The molecule has 0 spiro atoms. The topological polar surface area (TPSA) is 77.7 Å². The zero-order valence-corrected chi connectivity index (χ0v) is 16.0. The van der Waals surface area contributed by atoms with Crippen LogP contribution in [0.3, 0.4) is 0 Å². The highest BCUT2D eigenvalue weighted by molar-refractivity contribution is 5.78. The van der Waals surface area contributed by atoms with Gasteiger partial charge in [0.1, 0.15) is 0 Å². The molecule has 0 aromatic carbocycles.